The number of carbonyl (C=O) groups is 1. The van der Waals surface area contributed by atoms with E-state index < -0.39 is 17.6 Å². The van der Waals surface area contributed by atoms with Gasteiger partial charge >= 0.3 is 6.18 Å². The number of ether oxygens (including phenoxy) is 1. The second-order valence-corrected chi connectivity index (χ2v) is 7.81. The van der Waals surface area contributed by atoms with E-state index >= 15 is 0 Å². The van der Waals surface area contributed by atoms with E-state index in [4.69, 9.17) is 4.74 Å². The third-order valence-corrected chi connectivity index (χ3v) is 5.52. The van der Waals surface area contributed by atoms with Crippen molar-refractivity contribution < 1.29 is 22.7 Å². The van der Waals surface area contributed by atoms with Gasteiger partial charge in [0.05, 0.1) is 24.1 Å². The summed E-state index contributed by atoms with van der Waals surface area (Å²) in [7, 11) is 1.14. The molecule has 5 rings (SSSR count). The molecule has 1 amide bonds. The summed E-state index contributed by atoms with van der Waals surface area (Å²) < 4.78 is 46.5. The molecule has 0 spiro atoms. The number of aromatic nitrogens is 4. The second-order valence-electron chi connectivity index (χ2n) is 7.81. The molecule has 0 saturated carbocycles. The Morgan fingerprint density at radius 2 is 1.75 bits per heavy atom. The summed E-state index contributed by atoms with van der Waals surface area (Å²) in [5, 5.41) is 7.33. The molecule has 0 aliphatic carbocycles. The summed E-state index contributed by atoms with van der Waals surface area (Å²) in [5.41, 5.74) is 2.95. The lowest BCUT2D eigenvalue weighted by atomic mass is 10.1. The molecule has 0 aliphatic rings. The number of amides is 1. The molecule has 0 atom stereocenters. The molecule has 0 fully saturated rings. The Kier molecular flexibility index (Phi) is 5.85. The Bertz CT molecular complexity index is 1570. The van der Waals surface area contributed by atoms with E-state index in [1.165, 1.54) is 6.07 Å². The smallest absolute Gasteiger partial charge is 0.419 e. The van der Waals surface area contributed by atoms with Crippen molar-refractivity contribution in [1.82, 2.24) is 19.6 Å². The molecule has 10 heteroatoms. The standard InChI is InChI=1S/C26H18F3N5O2/c1-36-23-6-5-18(14-20(23)26(27,28)29)25(35)32-19-4-2-3-17(13-19)22-9-12-31-24-15-21(33-34(22)24)16-7-10-30-11-8-16/h2-15H,1H3,(H,32,35). The maximum Gasteiger partial charge on any atom is 0.419 e. The van der Waals surface area contributed by atoms with Gasteiger partial charge in [-0.15, -0.1) is 0 Å². The molecule has 0 bridgehead atoms. The lowest BCUT2D eigenvalue weighted by molar-refractivity contribution is -0.138. The number of halogens is 3. The molecule has 0 saturated heterocycles. The van der Waals surface area contributed by atoms with Crippen molar-refractivity contribution in [2.24, 2.45) is 0 Å². The number of carbonyl (C=O) groups excluding carboxylic acids is 1. The number of hydrogen-bond donors (Lipinski definition) is 1. The number of methoxy groups -OCH3 is 1. The van der Waals surface area contributed by atoms with Crippen molar-refractivity contribution >= 4 is 17.2 Å². The highest BCUT2D eigenvalue weighted by molar-refractivity contribution is 6.04. The van der Waals surface area contributed by atoms with Crippen LogP contribution in [0.2, 0.25) is 0 Å². The largest absolute Gasteiger partial charge is 0.496 e. The summed E-state index contributed by atoms with van der Waals surface area (Å²) in [6, 6.07) is 17.5. The molecule has 0 unspecified atom stereocenters. The average molecular weight is 489 g/mol. The molecule has 36 heavy (non-hydrogen) atoms. The number of nitrogens with zero attached hydrogens (tertiary/aromatic N) is 4. The van der Waals surface area contributed by atoms with Crippen LogP contribution in [-0.2, 0) is 6.18 Å². The summed E-state index contributed by atoms with van der Waals surface area (Å²) in [5.74, 6) is -1.03. The minimum Gasteiger partial charge on any atom is -0.496 e. The summed E-state index contributed by atoms with van der Waals surface area (Å²) in [4.78, 5) is 21.2. The van der Waals surface area contributed by atoms with Crippen molar-refractivity contribution in [2.45, 2.75) is 6.18 Å². The quantitative estimate of drug-likeness (QED) is 0.341. The monoisotopic (exact) mass is 489 g/mol. The number of benzene rings is 2. The Morgan fingerprint density at radius 1 is 0.944 bits per heavy atom. The minimum absolute atomic E-state index is 0.145. The van der Waals surface area contributed by atoms with E-state index in [1.54, 1.807) is 47.4 Å². The number of alkyl halides is 3. The highest BCUT2D eigenvalue weighted by atomic mass is 19.4. The average Bonchev–Trinajstić information content (AvgIpc) is 3.33. The van der Waals surface area contributed by atoms with Gasteiger partial charge in [-0.05, 0) is 48.5 Å². The normalized spacial score (nSPS) is 11.4. The number of anilines is 1. The first-order valence-corrected chi connectivity index (χ1v) is 10.8. The fourth-order valence-electron chi connectivity index (χ4n) is 3.81. The minimum atomic E-state index is -4.66. The van der Waals surface area contributed by atoms with Gasteiger partial charge in [-0.2, -0.15) is 18.3 Å². The first-order chi connectivity index (χ1) is 17.3. The first-order valence-electron chi connectivity index (χ1n) is 10.8. The predicted octanol–water partition coefficient (Wildman–Crippen LogP) is 5.74. The van der Waals surface area contributed by atoms with Crippen LogP contribution in [0.1, 0.15) is 15.9 Å². The highest BCUT2D eigenvalue weighted by Crippen LogP contribution is 2.37. The molecule has 3 aromatic heterocycles. The lowest BCUT2D eigenvalue weighted by Crippen LogP contribution is -2.15. The third-order valence-electron chi connectivity index (χ3n) is 5.52. The van der Waals surface area contributed by atoms with E-state index in [0.29, 0.717) is 11.3 Å². The SMILES string of the molecule is COc1ccc(C(=O)Nc2cccc(-c3ccnc4cc(-c5ccncc5)nn34)c2)cc1C(F)(F)F. The van der Waals surface area contributed by atoms with Gasteiger partial charge in [0.2, 0.25) is 0 Å². The topological polar surface area (TPSA) is 81.4 Å². The zero-order valence-corrected chi connectivity index (χ0v) is 18.8. The van der Waals surface area contributed by atoms with E-state index in [-0.39, 0.29) is 11.3 Å². The Labute approximate surface area is 203 Å². The lowest BCUT2D eigenvalue weighted by Gasteiger charge is -2.14. The molecule has 1 N–H and O–H groups in total. The van der Waals surface area contributed by atoms with Crippen LogP contribution in [0, 0.1) is 0 Å². The molecule has 2 aromatic carbocycles. The maximum atomic E-state index is 13.4. The zero-order valence-electron chi connectivity index (χ0n) is 18.8. The van der Waals surface area contributed by atoms with Gasteiger partial charge in [0.1, 0.15) is 5.75 Å². The van der Waals surface area contributed by atoms with Crippen LogP contribution in [0.4, 0.5) is 18.9 Å². The van der Waals surface area contributed by atoms with E-state index in [2.05, 4.69) is 20.4 Å². The summed E-state index contributed by atoms with van der Waals surface area (Å²) >= 11 is 0. The van der Waals surface area contributed by atoms with Crippen molar-refractivity contribution in [3.05, 3.63) is 96.4 Å². The second kappa shape index (κ2) is 9.14. The molecule has 3 heterocycles. The number of fused-ring (bicyclic) bond motifs is 1. The van der Waals surface area contributed by atoms with Crippen LogP contribution >= 0.6 is 0 Å². The molecule has 5 aromatic rings. The highest BCUT2D eigenvalue weighted by Gasteiger charge is 2.35. The summed E-state index contributed by atoms with van der Waals surface area (Å²) in [6.45, 7) is 0. The zero-order chi connectivity index (χ0) is 25.3. The van der Waals surface area contributed by atoms with Crippen LogP contribution in [0.3, 0.4) is 0 Å². The van der Waals surface area contributed by atoms with Crippen LogP contribution < -0.4 is 10.1 Å². The fourth-order valence-corrected chi connectivity index (χ4v) is 3.81. The first kappa shape index (κ1) is 23.0. The molecule has 7 nitrogen and oxygen atoms in total. The van der Waals surface area contributed by atoms with Crippen LogP contribution in [0.25, 0.3) is 28.2 Å². The number of nitrogens with one attached hydrogen (secondary N) is 1. The van der Waals surface area contributed by atoms with Gasteiger partial charge in [-0.3, -0.25) is 9.78 Å². The Hall–Kier alpha value is -4.73. The number of rotatable bonds is 5. The summed E-state index contributed by atoms with van der Waals surface area (Å²) in [6.07, 6.45) is 0.359. The Balaban J connectivity index is 1.46. The van der Waals surface area contributed by atoms with Crippen molar-refractivity contribution in [2.75, 3.05) is 12.4 Å². The van der Waals surface area contributed by atoms with Crippen LogP contribution in [0.5, 0.6) is 5.75 Å². The van der Waals surface area contributed by atoms with E-state index in [0.717, 1.165) is 41.8 Å². The molecule has 0 aliphatic heterocycles. The van der Waals surface area contributed by atoms with E-state index in [9.17, 15) is 18.0 Å². The third kappa shape index (κ3) is 4.48. The Morgan fingerprint density at radius 3 is 2.50 bits per heavy atom. The van der Waals surface area contributed by atoms with Gasteiger partial charge in [-0.25, -0.2) is 9.50 Å². The molecule has 0 radical (unpaired) electrons. The fraction of sp³-hybridized carbons (Fsp3) is 0.0769. The number of hydrogen-bond acceptors (Lipinski definition) is 5. The van der Waals surface area contributed by atoms with Crippen molar-refractivity contribution in [3.63, 3.8) is 0 Å². The van der Waals surface area contributed by atoms with Gasteiger partial charge in [0, 0.05) is 47.0 Å². The molecular formula is C26H18F3N5O2. The van der Waals surface area contributed by atoms with Gasteiger partial charge in [0.15, 0.2) is 5.65 Å². The van der Waals surface area contributed by atoms with Crippen molar-refractivity contribution in [3.8, 4) is 28.3 Å². The van der Waals surface area contributed by atoms with Gasteiger partial charge in [0.25, 0.3) is 5.91 Å². The van der Waals surface area contributed by atoms with Crippen LogP contribution in [-0.4, -0.2) is 32.6 Å². The van der Waals surface area contributed by atoms with Crippen LogP contribution in [0.15, 0.2) is 85.3 Å². The predicted molar refractivity (Wildman–Crippen MR) is 128 cm³/mol. The van der Waals surface area contributed by atoms with E-state index in [1.807, 2.05) is 24.3 Å². The van der Waals surface area contributed by atoms with Crippen molar-refractivity contribution in [1.29, 1.82) is 0 Å². The maximum absolute atomic E-state index is 13.4. The molecular weight excluding hydrogens is 471 g/mol. The number of pyridine rings is 1. The van der Waals surface area contributed by atoms with Gasteiger partial charge in [-0.1, -0.05) is 12.1 Å². The molecule has 180 valence electrons. The van der Waals surface area contributed by atoms with Gasteiger partial charge < -0.3 is 10.1 Å².